The average molecular weight is 256 g/mol. The Labute approximate surface area is 114 Å². The Kier molecular flexibility index (Phi) is 3.30. The molecule has 1 unspecified atom stereocenters. The van der Waals surface area contributed by atoms with Crippen LogP contribution >= 0.6 is 0 Å². The van der Waals surface area contributed by atoms with Crippen LogP contribution in [0.25, 0.3) is 0 Å². The van der Waals surface area contributed by atoms with Crippen LogP contribution in [0.15, 0.2) is 41.0 Å². The van der Waals surface area contributed by atoms with Crippen molar-refractivity contribution in [3.05, 3.63) is 53.5 Å². The molecule has 0 aliphatic carbocycles. The summed E-state index contributed by atoms with van der Waals surface area (Å²) in [6.07, 6.45) is 3.87. The largest absolute Gasteiger partial charge is 0.469 e. The van der Waals surface area contributed by atoms with E-state index in [0.717, 1.165) is 37.4 Å². The van der Waals surface area contributed by atoms with Gasteiger partial charge in [-0.15, -0.1) is 0 Å². The van der Waals surface area contributed by atoms with Gasteiger partial charge in [0.25, 0.3) is 0 Å². The molecule has 3 heteroatoms. The first-order valence-electron chi connectivity index (χ1n) is 6.86. The summed E-state index contributed by atoms with van der Waals surface area (Å²) >= 11 is 0. The average Bonchev–Trinajstić information content (AvgIpc) is 3.04. The highest BCUT2D eigenvalue weighted by molar-refractivity contribution is 5.46. The highest BCUT2D eigenvalue weighted by atomic mass is 16.3. The quantitative estimate of drug-likeness (QED) is 0.854. The van der Waals surface area contributed by atoms with Gasteiger partial charge in [0.05, 0.1) is 6.26 Å². The summed E-state index contributed by atoms with van der Waals surface area (Å²) in [6.45, 7) is 4.34. The van der Waals surface area contributed by atoms with E-state index >= 15 is 0 Å². The third kappa shape index (κ3) is 2.66. The lowest BCUT2D eigenvalue weighted by Gasteiger charge is -2.23. The van der Waals surface area contributed by atoms with Gasteiger partial charge in [-0.25, -0.2) is 0 Å². The second-order valence-electron chi connectivity index (χ2n) is 5.40. The molecule has 0 fully saturated rings. The summed E-state index contributed by atoms with van der Waals surface area (Å²) in [6, 6.07) is 10.8. The van der Waals surface area contributed by atoms with Gasteiger partial charge < -0.3 is 10.2 Å². The van der Waals surface area contributed by atoms with Crippen LogP contribution in [-0.4, -0.2) is 10.9 Å². The lowest BCUT2D eigenvalue weighted by Crippen LogP contribution is -2.28. The SMILES string of the molecule is CC(CCc1ccco1)N1Cc2ccc(N)cc2C1. The van der Waals surface area contributed by atoms with Gasteiger partial charge in [0.2, 0.25) is 0 Å². The lowest BCUT2D eigenvalue weighted by atomic mass is 10.1. The van der Waals surface area contributed by atoms with Gasteiger partial charge in [-0.1, -0.05) is 6.07 Å². The molecule has 1 aromatic heterocycles. The Morgan fingerprint density at radius 2 is 2.11 bits per heavy atom. The summed E-state index contributed by atoms with van der Waals surface area (Å²) in [5, 5.41) is 0. The Balaban J connectivity index is 1.59. The molecule has 2 heterocycles. The van der Waals surface area contributed by atoms with E-state index in [1.165, 1.54) is 11.1 Å². The minimum atomic E-state index is 0.554. The molecule has 0 saturated heterocycles. The van der Waals surface area contributed by atoms with Gasteiger partial charge >= 0.3 is 0 Å². The van der Waals surface area contributed by atoms with Crippen LogP contribution in [0, 0.1) is 0 Å². The minimum Gasteiger partial charge on any atom is -0.469 e. The second kappa shape index (κ2) is 5.10. The van der Waals surface area contributed by atoms with Crippen molar-refractivity contribution in [2.24, 2.45) is 0 Å². The zero-order chi connectivity index (χ0) is 13.2. The molecule has 1 aliphatic heterocycles. The molecule has 0 bridgehead atoms. The van der Waals surface area contributed by atoms with Crippen molar-refractivity contribution in [1.82, 2.24) is 4.90 Å². The van der Waals surface area contributed by atoms with E-state index in [9.17, 15) is 0 Å². The van der Waals surface area contributed by atoms with Crippen molar-refractivity contribution in [2.45, 2.75) is 38.9 Å². The van der Waals surface area contributed by atoms with E-state index in [1.54, 1.807) is 6.26 Å². The van der Waals surface area contributed by atoms with Crippen LogP contribution in [0.4, 0.5) is 5.69 Å². The predicted octanol–water partition coefficient (Wildman–Crippen LogP) is 3.20. The highest BCUT2D eigenvalue weighted by Gasteiger charge is 2.23. The number of nitrogens with zero attached hydrogens (tertiary/aromatic N) is 1. The maximum absolute atomic E-state index is 5.84. The number of rotatable bonds is 4. The lowest BCUT2D eigenvalue weighted by molar-refractivity contribution is 0.201. The maximum atomic E-state index is 5.84. The third-order valence-electron chi connectivity index (χ3n) is 3.99. The van der Waals surface area contributed by atoms with Crippen molar-refractivity contribution in [2.75, 3.05) is 5.73 Å². The van der Waals surface area contributed by atoms with E-state index in [4.69, 9.17) is 10.2 Å². The highest BCUT2D eigenvalue weighted by Crippen LogP contribution is 2.27. The molecule has 1 aliphatic rings. The van der Waals surface area contributed by atoms with Gasteiger partial charge in [-0.2, -0.15) is 0 Å². The number of nitrogens with two attached hydrogens (primary N) is 1. The van der Waals surface area contributed by atoms with Crippen molar-refractivity contribution in [1.29, 1.82) is 0 Å². The number of nitrogen functional groups attached to an aromatic ring is 1. The Morgan fingerprint density at radius 3 is 2.89 bits per heavy atom. The third-order valence-corrected chi connectivity index (χ3v) is 3.99. The normalized spacial score (nSPS) is 16.5. The number of hydrogen-bond donors (Lipinski definition) is 1. The zero-order valence-electron chi connectivity index (χ0n) is 11.3. The molecule has 0 amide bonds. The van der Waals surface area contributed by atoms with E-state index in [-0.39, 0.29) is 0 Å². The van der Waals surface area contributed by atoms with E-state index in [1.807, 2.05) is 18.2 Å². The Hall–Kier alpha value is -1.74. The van der Waals surface area contributed by atoms with Crippen molar-refractivity contribution in [3.8, 4) is 0 Å². The topological polar surface area (TPSA) is 42.4 Å². The Bertz CT molecular complexity index is 548. The number of aryl methyl sites for hydroxylation is 1. The standard InChI is InChI=1S/C16H20N2O/c1-12(4-7-16-3-2-8-19-16)18-10-13-5-6-15(17)9-14(13)11-18/h2-3,5-6,8-9,12H,4,7,10-11,17H2,1H3. The van der Waals surface area contributed by atoms with Crippen LogP contribution in [0.1, 0.15) is 30.2 Å². The van der Waals surface area contributed by atoms with Gasteiger partial charge in [-0.3, -0.25) is 4.90 Å². The van der Waals surface area contributed by atoms with Gasteiger partial charge in [0, 0.05) is 31.2 Å². The zero-order valence-corrected chi connectivity index (χ0v) is 11.3. The van der Waals surface area contributed by atoms with Crippen LogP contribution in [0.3, 0.4) is 0 Å². The summed E-state index contributed by atoms with van der Waals surface area (Å²) in [7, 11) is 0. The van der Waals surface area contributed by atoms with Gasteiger partial charge in [-0.05, 0) is 48.7 Å². The van der Waals surface area contributed by atoms with E-state index < -0.39 is 0 Å². The molecule has 1 atom stereocenters. The molecule has 100 valence electrons. The summed E-state index contributed by atoms with van der Waals surface area (Å²) in [4.78, 5) is 2.51. The number of furan rings is 1. The summed E-state index contributed by atoms with van der Waals surface area (Å²) in [5.41, 5.74) is 9.50. The minimum absolute atomic E-state index is 0.554. The molecule has 2 N–H and O–H groups in total. The van der Waals surface area contributed by atoms with E-state index in [2.05, 4.69) is 24.0 Å². The Morgan fingerprint density at radius 1 is 1.26 bits per heavy atom. The van der Waals surface area contributed by atoms with Crippen LogP contribution in [0.2, 0.25) is 0 Å². The molecule has 0 saturated carbocycles. The fourth-order valence-electron chi connectivity index (χ4n) is 2.74. The van der Waals surface area contributed by atoms with Gasteiger partial charge in [0.1, 0.15) is 5.76 Å². The first kappa shape index (κ1) is 12.3. The monoisotopic (exact) mass is 256 g/mol. The molecule has 19 heavy (non-hydrogen) atoms. The molecular weight excluding hydrogens is 236 g/mol. The number of anilines is 1. The fraction of sp³-hybridized carbons (Fsp3) is 0.375. The molecule has 0 spiro atoms. The van der Waals surface area contributed by atoms with Gasteiger partial charge in [0.15, 0.2) is 0 Å². The number of fused-ring (bicyclic) bond motifs is 1. The second-order valence-corrected chi connectivity index (χ2v) is 5.40. The molecule has 0 radical (unpaired) electrons. The summed E-state index contributed by atoms with van der Waals surface area (Å²) in [5.74, 6) is 1.08. The first-order chi connectivity index (χ1) is 9.22. The summed E-state index contributed by atoms with van der Waals surface area (Å²) < 4.78 is 5.39. The molecular formula is C16H20N2O. The van der Waals surface area contributed by atoms with Crippen LogP contribution < -0.4 is 5.73 Å². The molecule has 2 aromatic rings. The number of benzene rings is 1. The predicted molar refractivity (Wildman–Crippen MR) is 76.6 cm³/mol. The van der Waals surface area contributed by atoms with Crippen molar-refractivity contribution >= 4 is 5.69 Å². The number of hydrogen-bond acceptors (Lipinski definition) is 3. The van der Waals surface area contributed by atoms with E-state index in [0.29, 0.717) is 6.04 Å². The first-order valence-corrected chi connectivity index (χ1v) is 6.86. The van der Waals surface area contributed by atoms with Crippen molar-refractivity contribution < 1.29 is 4.42 Å². The molecule has 3 rings (SSSR count). The maximum Gasteiger partial charge on any atom is 0.103 e. The smallest absolute Gasteiger partial charge is 0.103 e. The van der Waals surface area contributed by atoms with Crippen LogP contribution in [-0.2, 0) is 19.5 Å². The molecule has 3 nitrogen and oxygen atoms in total. The van der Waals surface area contributed by atoms with Crippen molar-refractivity contribution in [3.63, 3.8) is 0 Å². The molecule has 1 aromatic carbocycles. The fourth-order valence-corrected chi connectivity index (χ4v) is 2.74. The van der Waals surface area contributed by atoms with Crippen LogP contribution in [0.5, 0.6) is 0 Å².